The van der Waals surface area contributed by atoms with Gasteiger partial charge in [-0.05, 0) is 23.8 Å². The summed E-state index contributed by atoms with van der Waals surface area (Å²) in [5.74, 6) is 0. The highest BCUT2D eigenvalue weighted by Gasteiger charge is 2.47. The van der Waals surface area contributed by atoms with Gasteiger partial charge in [-0.3, -0.25) is 5.32 Å². The SMILES string of the molecule is Clc1ccc2c(c1)C1(c3ccccc3)NCC(N2)S1. The summed E-state index contributed by atoms with van der Waals surface area (Å²) in [4.78, 5) is -0.169. The Labute approximate surface area is 121 Å². The van der Waals surface area contributed by atoms with E-state index in [1.54, 1.807) is 0 Å². The van der Waals surface area contributed by atoms with Crippen LogP contribution in [0.15, 0.2) is 48.5 Å². The summed E-state index contributed by atoms with van der Waals surface area (Å²) < 4.78 is 0. The van der Waals surface area contributed by atoms with Gasteiger partial charge in [-0.25, -0.2) is 0 Å². The molecular weight excluding hydrogens is 276 g/mol. The number of fused-ring (bicyclic) bond motifs is 4. The Morgan fingerprint density at radius 1 is 1.16 bits per heavy atom. The van der Waals surface area contributed by atoms with E-state index in [2.05, 4.69) is 53.1 Å². The van der Waals surface area contributed by atoms with Crippen molar-refractivity contribution >= 4 is 29.1 Å². The van der Waals surface area contributed by atoms with E-state index in [0.717, 1.165) is 11.6 Å². The number of halogens is 1. The summed E-state index contributed by atoms with van der Waals surface area (Å²) in [7, 11) is 0. The molecule has 0 aliphatic carbocycles. The molecule has 19 heavy (non-hydrogen) atoms. The second kappa shape index (κ2) is 4.17. The molecule has 0 spiro atoms. The Kier molecular flexibility index (Phi) is 2.56. The highest BCUT2D eigenvalue weighted by atomic mass is 35.5. The van der Waals surface area contributed by atoms with Crippen LogP contribution in [-0.2, 0) is 4.87 Å². The molecule has 2 nitrogen and oxygen atoms in total. The van der Waals surface area contributed by atoms with Crippen LogP contribution in [-0.4, -0.2) is 11.9 Å². The second-order valence-electron chi connectivity index (χ2n) is 4.87. The summed E-state index contributed by atoms with van der Waals surface area (Å²) >= 11 is 8.12. The zero-order valence-corrected chi connectivity index (χ0v) is 11.8. The van der Waals surface area contributed by atoms with Gasteiger partial charge in [-0.1, -0.05) is 41.9 Å². The number of benzene rings is 2. The Morgan fingerprint density at radius 2 is 2.00 bits per heavy atom. The third kappa shape index (κ3) is 1.69. The van der Waals surface area contributed by atoms with Gasteiger partial charge in [0.25, 0.3) is 0 Å². The third-order valence-electron chi connectivity index (χ3n) is 3.71. The summed E-state index contributed by atoms with van der Waals surface area (Å²) in [5.41, 5.74) is 3.69. The summed E-state index contributed by atoms with van der Waals surface area (Å²) in [6.45, 7) is 0.950. The van der Waals surface area contributed by atoms with Crippen molar-refractivity contribution in [3.05, 3.63) is 64.7 Å². The lowest BCUT2D eigenvalue weighted by atomic mass is 9.96. The molecule has 0 radical (unpaired) electrons. The maximum absolute atomic E-state index is 6.20. The molecule has 0 saturated carbocycles. The fourth-order valence-electron chi connectivity index (χ4n) is 2.88. The van der Waals surface area contributed by atoms with Crippen LogP contribution in [0.3, 0.4) is 0 Å². The van der Waals surface area contributed by atoms with Crippen molar-refractivity contribution in [3.8, 4) is 0 Å². The standard InChI is InChI=1S/C15H13ClN2S/c16-11-6-7-13-12(8-11)15(10-4-2-1-3-5-10)17-9-14(18-13)19-15/h1-8,14,17-18H,9H2. The monoisotopic (exact) mass is 288 g/mol. The van der Waals surface area contributed by atoms with E-state index >= 15 is 0 Å². The maximum Gasteiger partial charge on any atom is 0.120 e. The van der Waals surface area contributed by atoms with Gasteiger partial charge >= 0.3 is 0 Å². The van der Waals surface area contributed by atoms with Crippen molar-refractivity contribution < 1.29 is 0 Å². The van der Waals surface area contributed by atoms with Crippen LogP contribution in [0.25, 0.3) is 0 Å². The van der Waals surface area contributed by atoms with Gasteiger partial charge in [0, 0.05) is 22.8 Å². The highest BCUT2D eigenvalue weighted by molar-refractivity contribution is 8.01. The first kappa shape index (κ1) is 11.6. The maximum atomic E-state index is 6.20. The first-order valence-corrected chi connectivity index (χ1v) is 7.59. The van der Waals surface area contributed by atoms with E-state index in [-0.39, 0.29) is 4.87 Å². The fourth-order valence-corrected chi connectivity index (χ4v) is 4.56. The van der Waals surface area contributed by atoms with Crippen molar-refractivity contribution in [2.45, 2.75) is 10.2 Å². The Hall–Kier alpha value is -1.16. The first-order chi connectivity index (χ1) is 9.28. The van der Waals surface area contributed by atoms with Gasteiger partial charge in [-0.2, -0.15) is 0 Å². The van der Waals surface area contributed by atoms with Crippen LogP contribution >= 0.6 is 23.4 Å². The predicted octanol–water partition coefficient (Wildman–Crippen LogP) is 3.63. The average Bonchev–Trinajstić information content (AvgIpc) is 2.81. The molecule has 2 atom stereocenters. The number of rotatable bonds is 1. The second-order valence-corrected chi connectivity index (χ2v) is 6.72. The van der Waals surface area contributed by atoms with E-state index in [0.29, 0.717) is 5.37 Å². The number of hydrogen-bond donors (Lipinski definition) is 2. The lowest BCUT2D eigenvalue weighted by Gasteiger charge is -2.35. The van der Waals surface area contributed by atoms with Crippen LogP contribution in [0, 0.1) is 0 Å². The number of thioether (sulfide) groups is 1. The molecule has 1 saturated heterocycles. The van der Waals surface area contributed by atoms with Crippen molar-refractivity contribution in [1.29, 1.82) is 0 Å². The van der Waals surface area contributed by atoms with Crippen molar-refractivity contribution in [2.24, 2.45) is 0 Å². The van der Waals surface area contributed by atoms with Gasteiger partial charge in [0.05, 0.1) is 5.37 Å². The zero-order chi connectivity index (χ0) is 12.9. The molecular formula is C15H13ClN2S. The molecule has 2 unspecified atom stereocenters. The Balaban J connectivity index is 1.96. The minimum atomic E-state index is -0.169. The molecule has 2 aliphatic rings. The number of nitrogens with one attached hydrogen (secondary N) is 2. The lowest BCUT2D eigenvalue weighted by molar-refractivity contribution is 0.612. The average molecular weight is 289 g/mol. The molecule has 4 heteroatoms. The minimum Gasteiger partial charge on any atom is -0.372 e. The molecule has 2 bridgehead atoms. The zero-order valence-electron chi connectivity index (χ0n) is 10.2. The third-order valence-corrected chi connectivity index (χ3v) is 5.47. The summed E-state index contributed by atoms with van der Waals surface area (Å²) in [6.07, 6.45) is 0. The molecule has 0 amide bonds. The lowest BCUT2D eigenvalue weighted by Crippen LogP contribution is -2.36. The molecule has 2 aromatic carbocycles. The van der Waals surface area contributed by atoms with E-state index in [4.69, 9.17) is 11.6 Å². The van der Waals surface area contributed by atoms with Crippen molar-refractivity contribution in [1.82, 2.24) is 5.32 Å². The molecule has 0 aromatic heterocycles. The summed E-state index contributed by atoms with van der Waals surface area (Å²) in [5, 5.41) is 8.42. The normalized spacial score (nSPS) is 27.7. The van der Waals surface area contributed by atoms with Crippen LogP contribution in [0.4, 0.5) is 5.69 Å². The molecule has 96 valence electrons. The van der Waals surface area contributed by atoms with Crippen LogP contribution in [0.1, 0.15) is 11.1 Å². The molecule has 4 rings (SSSR count). The Morgan fingerprint density at radius 3 is 2.84 bits per heavy atom. The molecule has 2 N–H and O–H groups in total. The van der Waals surface area contributed by atoms with Gasteiger partial charge in [0.2, 0.25) is 0 Å². The van der Waals surface area contributed by atoms with Crippen LogP contribution in [0.5, 0.6) is 0 Å². The van der Waals surface area contributed by atoms with E-state index in [1.807, 2.05) is 17.8 Å². The summed E-state index contributed by atoms with van der Waals surface area (Å²) in [6, 6.07) is 16.7. The van der Waals surface area contributed by atoms with Gasteiger partial charge in [0.15, 0.2) is 0 Å². The van der Waals surface area contributed by atoms with Gasteiger partial charge < -0.3 is 5.32 Å². The van der Waals surface area contributed by atoms with Crippen molar-refractivity contribution in [3.63, 3.8) is 0 Å². The fraction of sp³-hybridized carbons (Fsp3) is 0.200. The van der Waals surface area contributed by atoms with E-state index in [9.17, 15) is 0 Å². The quantitative estimate of drug-likeness (QED) is 0.838. The minimum absolute atomic E-state index is 0.169. The van der Waals surface area contributed by atoms with Gasteiger partial charge in [0.1, 0.15) is 4.87 Å². The topological polar surface area (TPSA) is 24.1 Å². The van der Waals surface area contributed by atoms with Crippen molar-refractivity contribution in [2.75, 3.05) is 11.9 Å². The Bertz CT molecular complexity index is 631. The molecule has 2 aromatic rings. The molecule has 1 fully saturated rings. The first-order valence-electron chi connectivity index (χ1n) is 6.33. The van der Waals surface area contributed by atoms with Gasteiger partial charge in [-0.15, -0.1) is 11.8 Å². The molecule has 2 heterocycles. The largest absolute Gasteiger partial charge is 0.372 e. The van der Waals surface area contributed by atoms with Crippen LogP contribution in [0.2, 0.25) is 5.02 Å². The van der Waals surface area contributed by atoms with E-state index in [1.165, 1.54) is 16.8 Å². The number of hydrogen-bond acceptors (Lipinski definition) is 3. The molecule has 2 aliphatic heterocycles. The predicted molar refractivity (Wildman–Crippen MR) is 81.7 cm³/mol. The smallest absolute Gasteiger partial charge is 0.120 e. The van der Waals surface area contributed by atoms with E-state index < -0.39 is 0 Å². The number of anilines is 1. The highest BCUT2D eigenvalue weighted by Crippen LogP contribution is 2.52. The van der Waals surface area contributed by atoms with Crippen LogP contribution < -0.4 is 10.6 Å².